The predicted molar refractivity (Wildman–Crippen MR) is 88.4 cm³/mol. The maximum atomic E-state index is 10.9. The van der Waals surface area contributed by atoms with Gasteiger partial charge in [-0.1, -0.05) is 42.1 Å². The van der Waals surface area contributed by atoms with Crippen LogP contribution in [-0.2, 0) is 0 Å². The van der Waals surface area contributed by atoms with E-state index < -0.39 is 0 Å². The third-order valence-electron chi connectivity index (χ3n) is 3.62. The summed E-state index contributed by atoms with van der Waals surface area (Å²) in [6, 6.07) is 17.1. The van der Waals surface area contributed by atoms with E-state index in [4.69, 9.17) is 0 Å². The van der Waals surface area contributed by atoms with E-state index >= 15 is 0 Å². The quantitative estimate of drug-likeness (QED) is 0.369. The first-order chi connectivity index (χ1) is 10.7. The molecule has 1 aliphatic rings. The summed E-state index contributed by atoms with van der Waals surface area (Å²) in [4.78, 5) is 17.1. The number of nitrogens with zero attached hydrogens (tertiary/aromatic N) is 2. The van der Waals surface area contributed by atoms with Gasteiger partial charge in [0.2, 0.25) is 0 Å². The van der Waals surface area contributed by atoms with E-state index in [1.165, 1.54) is 6.07 Å². The SMILES string of the molecule is O=[N+]([O-])c1ccc2c(c1)C=Nc1ccc3ccccc3c1S2. The van der Waals surface area contributed by atoms with E-state index in [2.05, 4.69) is 17.1 Å². The molecule has 106 valence electrons. The van der Waals surface area contributed by atoms with Gasteiger partial charge in [-0.3, -0.25) is 15.1 Å². The lowest BCUT2D eigenvalue weighted by Gasteiger charge is -2.08. The second-order valence-electron chi connectivity index (χ2n) is 4.97. The van der Waals surface area contributed by atoms with Crippen molar-refractivity contribution in [2.24, 2.45) is 4.99 Å². The Balaban J connectivity index is 1.92. The van der Waals surface area contributed by atoms with Crippen molar-refractivity contribution < 1.29 is 4.92 Å². The zero-order valence-corrected chi connectivity index (χ0v) is 12.2. The molecule has 4 rings (SSSR count). The molecular formula is C17H10N2O2S. The van der Waals surface area contributed by atoms with Crippen molar-refractivity contribution in [3.05, 3.63) is 70.3 Å². The highest BCUT2D eigenvalue weighted by molar-refractivity contribution is 7.99. The minimum atomic E-state index is -0.383. The Kier molecular flexibility index (Phi) is 2.94. The zero-order valence-electron chi connectivity index (χ0n) is 11.4. The van der Waals surface area contributed by atoms with Gasteiger partial charge in [0.1, 0.15) is 0 Å². The maximum absolute atomic E-state index is 10.9. The first kappa shape index (κ1) is 13.0. The molecule has 0 aromatic heterocycles. The van der Waals surface area contributed by atoms with Crippen molar-refractivity contribution in [2.75, 3.05) is 0 Å². The van der Waals surface area contributed by atoms with Crippen LogP contribution < -0.4 is 0 Å². The third-order valence-corrected chi connectivity index (χ3v) is 4.84. The highest BCUT2D eigenvalue weighted by Crippen LogP contribution is 2.43. The lowest BCUT2D eigenvalue weighted by atomic mass is 10.1. The molecule has 0 unspecified atom stereocenters. The summed E-state index contributed by atoms with van der Waals surface area (Å²) in [6.45, 7) is 0. The lowest BCUT2D eigenvalue weighted by molar-refractivity contribution is -0.384. The minimum Gasteiger partial charge on any atom is -0.258 e. The monoisotopic (exact) mass is 306 g/mol. The fourth-order valence-electron chi connectivity index (χ4n) is 2.53. The van der Waals surface area contributed by atoms with Gasteiger partial charge in [0.05, 0.1) is 10.6 Å². The topological polar surface area (TPSA) is 55.5 Å². The average molecular weight is 306 g/mol. The van der Waals surface area contributed by atoms with Crippen LogP contribution in [0.4, 0.5) is 11.4 Å². The molecule has 0 saturated carbocycles. The van der Waals surface area contributed by atoms with Crippen LogP contribution in [0.25, 0.3) is 10.8 Å². The van der Waals surface area contributed by atoms with Crippen LogP contribution in [0.5, 0.6) is 0 Å². The molecular weight excluding hydrogens is 296 g/mol. The number of hydrogen-bond acceptors (Lipinski definition) is 4. The Morgan fingerprint density at radius 3 is 2.77 bits per heavy atom. The van der Waals surface area contributed by atoms with Gasteiger partial charge in [0, 0.05) is 33.7 Å². The van der Waals surface area contributed by atoms with Crippen LogP contribution in [0.3, 0.4) is 0 Å². The summed E-state index contributed by atoms with van der Waals surface area (Å²) < 4.78 is 0. The van der Waals surface area contributed by atoms with Gasteiger partial charge >= 0.3 is 0 Å². The summed E-state index contributed by atoms with van der Waals surface area (Å²) in [6.07, 6.45) is 1.70. The molecule has 3 aromatic rings. The van der Waals surface area contributed by atoms with Crippen LogP contribution in [-0.4, -0.2) is 11.1 Å². The summed E-state index contributed by atoms with van der Waals surface area (Å²) in [7, 11) is 0. The maximum Gasteiger partial charge on any atom is 0.270 e. The standard InChI is InChI=1S/C17H10N2O2S/c20-19(21)13-6-8-16-12(9-13)10-18-15-7-5-11-3-1-2-4-14(11)17(15)22-16/h1-10H. The minimum absolute atomic E-state index is 0.0848. The highest BCUT2D eigenvalue weighted by Gasteiger charge is 2.16. The normalized spacial score (nSPS) is 12.5. The number of hydrogen-bond donors (Lipinski definition) is 0. The number of benzene rings is 3. The van der Waals surface area contributed by atoms with Gasteiger partial charge in [-0.15, -0.1) is 0 Å². The highest BCUT2D eigenvalue weighted by atomic mass is 32.2. The fraction of sp³-hybridized carbons (Fsp3) is 0. The van der Waals surface area contributed by atoms with Gasteiger partial charge in [0.15, 0.2) is 0 Å². The van der Waals surface area contributed by atoms with Crippen molar-refractivity contribution in [3.63, 3.8) is 0 Å². The number of nitro benzene ring substituents is 1. The van der Waals surface area contributed by atoms with Crippen molar-refractivity contribution in [3.8, 4) is 0 Å². The van der Waals surface area contributed by atoms with Crippen molar-refractivity contribution in [2.45, 2.75) is 9.79 Å². The second kappa shape index (κ2) is 4.96. The van der Waals surface area contributed by atoms with Crippen molar-refractivity contribution in [1.82, 2.24) is 0 Å². The molecule has 1 aliphatic heterocycles. The number of aliphatic imine (C=N–C) groups is 1. The van der Waals surface area contributed by atoms with Crippen LogP contribution in [0.1, 0.15) is 5.56 Å². The van der Waals surface area contributed by atoms with Gasteiger partial charge in [-0.2, -0.15) is 0 Å². The molecule has 0 N–H and O–H groups in total. The fourth-order valence-corrected chi connectivity index (χ4v) is 3.64. The molecule has 3 aromatic carbocycles. The van der Waals surface area contributed by atoms with Gasteiger partial charge in [0.25, 0.3) is 5.69 Å². The molecule has 0 radical (unpaired) electrons. The van der Waals surface area contributed by atoms with E-state index in [9.17, 15) is 10.1 Å². The summed E-state index contributed by atoms with van der Waals surface area (Å²) in [5, 5.41) is 13.2. The van der Waals surface area contributed by atoms with Gasteiger partial charge in [-0.05, 0) is 22.9 Å². The Morgan fingerprint density at radius 2 is 1.91 bits per heavy atom. The number of rotatable bonds is 1. The molecule has 1 heterocycles. The summed E-state index contributed by atoms with van der Waals surface area (Å²) >= 11 is 1.61. The lowest BCUT2D eigenvalue weighted by Crippen LogP contribution is -1.91. The van der Waals surface area contributed by atoms with E-state index in [-0.39, 0.29) is 10.6 Å². The Labute approximate surface area is 130 Å². The molecule has 0 spiro atoms. The smallest absolute Gasteiger partial charge is 0.258 e. The predicted octanol–water partition coefficient (Wildman–Crippen LogP) is 4.96. The number of nitro groups is 1. The van der Waals surface area contributed by atoms with E-state index in [0.29, 0.717) is 0 Å². The van der Waals surface area contributed by atoms with Crippen molar-refractivity contribution in [1.29, 1.82) is 0 Å². The molecule has 4 nitrogen and oxygen atoms in total. The molecule has 0 bridgehead atoms. The van der Waals surface area contributed by atoms with Gasteiger partial charge in [-0.25, -0.2) is 0 Å². The van der Waals surface area contributed by atoms with Crippen molar-refractivity contribution >= 4 is 40.1 Å². The molecule has 5 heteroatoms. The van der Waals surface area contributed by atoms with Crippen LogP contribution in [0, 0.1) is 10.1 Å². The van der Waals surface area contributed by atoms with Crippen LogP contribution in [0.15, 0.2) is 69.4 Å². The van der Waals surface area contributed by atoms with E-state index in [1.54, 1.807) is 30.1 Å². The van der Waals surface area contributed by atoms with E-state index in [0.717, 1.165) is 31.8 Å². The first-order valence-corrected chi connectivity index (χ1v) is 7.56. The molecule has 0 saturated heterocycles. The van der Waals surface area contributed by atoms with Crippen LogP contribution >= 0.6 is 11.8 Å². The summed E-state index contributed by atoms with van der Waals surface area (Å²) in [5.74, 6) is 0. The summed E-state index contributed by atoms with van der Waals surface area (Å²) in [5.41, 5.74) is 1.75. The zero-order chi connectivity index (χ0) is 15.1. The number of fused-ring (bicyclic) bond motifs is 4. The van der Waals surface area contributed by atoms with Gasteiger partial charge < -0.3 is 0 Å². The number of non-ortho nitro benzene ring substituents is 1. The Bertz CT molecular complexity index is 951. The third kappa shape index (κ3) is 2.07. The molecule has 0 fully saturated rings. The molecule has 22 heavy (non-hydrogen) atoms. The van der Waals surface area contributed by atoms with E-state index in [1.807, 2.05) is 24.3 Å². The second-order valence-corrected chi connectivity index (χ2v) is 6.03. The molecule has 0 amide bonds. The first-order valence-electron chi connectivity index (χ1n) is 6.74. The average Bonchev–Trinajstić information content (AvgIpc) is 2.73. The largest absolute Gasteiger partial charge is 0.270 e. The Morgan fingerprint density at radius 1 is 1.05 bits per heavy atom. The molecule has 0 atom stereocenters. The Hall–Kier alpha value is -2.66. The van der Waals surface area contributed by atoms with Crippen LogP contribution in [0.2, 0.25) is 0 Å². The molecule has 0 aliphatic carbocycles.